The molecule has 0 atom stereocenters. The second kappa shape index (κ2) is 7.86. The van der Waals surface area contributed by atoms with Crippen molar-refractivity contribution in [3.05, 3.63) is 75.9 Å². The second-order valence-corrected chi connectivity index (χ2v) is 7.16. The van der Waals surface area contributed by atoms with E-state index in [0.717, 1.165) is 23.4 Å². The van der Waals surface area contributed by atoms with Crippen molar-refractivity contribution in [2.24, 2.45) is 0 Å². The molecule has 0 saturated carbocycles. The van der Waals surface area contributed by atoms with E-state index in [1.807, 2.05) is 12.1 Å². The van der Waals surface area contributed by atoms with Gasteiger partial charge in [-0.2, -0.15) is 13.2 Å². The topological polar surface area (TPSA) is 25.8 Å². The molecular weight excluding hydrogens is 404 g/mol. The van der Waals surface area contributed by atoms with Crippen LogP contribution in [0.4, 0.5) is 13.2 Å². The van der Waals surface area contributed by atoms with Crippen LogP contribution in [0.5, 0.6) is 0 Å². The highest BCUT2D eigenvalue weighted by atomic mass is 35.5. The van der Waals surface area contributed by atoms with E-state index >= 15 is 0 Å². The zero-order valence-electron chi connectivity index (χ0n) is 13.1. The summed E-state index contributed by atoms with van der Waals surface area (Å²) >= 11 is 12.8. The van der Waals surface area contributed by atoms with Gasteiger partial charge in [0.05, 0.1) is 5.69 Å². The maximum absolute atomic E-state index is 13.2. The van der Waals surface area contributed by atoms with Gasteiger partial charge in [-0.15, -0.1) is 0 Å². The van der Waals surface area contributed by atoms with Crippen molar-refractivity contribution < 1.29 is 13.2 Å². The number of hydrogen-bond donors (Lipinski definition) is 0. The minimum absolute atomic E-state index is 0.0553. The lowest BCUT2D eigenvalue weighted by Gasteiger charge is -2.10. The highest BCUT2D eigenvalue weighted by Crippen LogP contribution is 2.33. The van der Waals surface area contributed by atoms with Crippen LogP contribution >= 0.6 is 35.0 Å². The summed E-state index contributed by atoms with van der Waals surface area (Å²) in [7, 11) is 0. The van der Waals surface area contributed by atoms with Crippen molar-refractivity contribution >= 4 is 35.0 Å². The van der Waals surface area contributed by atoms with E-state index < -0.39 is 11.9 Å². The van der Waals surface area contributed by atoms with Gasteiger partial charge in [0.15, 0.2) is 5.16 Å². The van der Waals surface area contributed by atoms with Gasteiger partial charge >= 0.3 is 6.18 Å². The summed E-state index contributed by atoms with van der Waals surface area (Å²) in [5, 5.41) is 1.15. The Morgan fingerprint density at radius 2 is 1.42 bits per heavy atom. The first-order valence-corrected chi connectivity index (χ1v) is 9.15. The van der Waals surface area contributed by atoms with Crippen LogP contribution in [0.1, 0.15) is 11.3 Å². The van der Waals surface area contributed by atoms with E-state index in [0.29, 0.717) is 21.4 Å². The highest BCUT2D eigenvalue weighted by molar-refractivity contribution is 7.98. The Morgan fingerprint density at radius 1 is 0.846 bits per heavy atom. The molecule has 134 valence electrons. The van der Waals surface area contributed by atoms with Gasteiger partial charge in [-0.3, -0.25) is 0 Å². The third-order valence-corrected chi connectivity index (χ3v) is 4.84. The minimum atomic E-state index is -4.56. The zero-order valence-corrected chi connectivity index (χ0v) is 15.4. The molecule has 0 bridgehead atoms. The predicted molar refractivity (Wildman–Crippen MR) is 98.5 cm³/mol. The summed E-state index contributed by atoms with van der Waals surface area (Å²) < 4.78 is 39.6. The fourth-order valence-corrected chi connectivity index (χ4v) is 3.20. The van der Waals surface area contributed by atoms with Crippen molar-refractivity contribution in [1.82, 2.24) is 9.97 Å². The van der Waals surface area contributed by atoms with Gasteiger partial charge in [-0.25, -0.2) is 9.97 Å². The van der Waals surface area contributed by atoms with Gasteiger partial charge in [0.1, 0.15) is 5.69 Å². The Morgan fingerprint density at radius 3 is 2.00 bits per heavy atom. The quantitative estimate of drug-likeness (QED) is 0.348. The van der Waals surface area contributed by atoms with Crippen LogP contribution in [-0.2, 0) is 11.9 Å². The smallest absolute Gasteiger partial charge is 0.222 e. The van der Waals surface area contributed by atoms with Crippen LogP contribution in [0.3, 0.4) is 0 Å². The number of thioether (sulfide) groups is 1. The Bertz CT molecular complexity index is 898. The monoisotopic (exact) mass is 414 g/mol. The molecule has 0 amide bonds. The lowest BCUT2D eigenvalue weighted by molar-refractivity contribution is -0.141. The van der Waals surface area contributed by atoms with Crippen molar-refractivity contribution in [2.75, 3.05) is 0 Å². The van der Waals surface area contributed by atoms with Crippen LogP contribution in [0.25, 0.3) is 11.3 Å². The van der Waals surface area contributed by atoms with Gasteiger partial charge in [0.2, 0.25) is 0 Å². The van der Waals surface area contributed by atoms with E-state index in [4.69, 9.17) is 23.2 Å². The normalized spacial score (nSPS) is 11.6. The molecule has 8 heteroatoms. The van der Waals surface area contributed by atoms with Gasteiger partial charge in [-0.05, 0) is 35.9 Å². The molecule has 0 aliphatic heterocycles. The van der Waals surface area contributed by atoms with Gasteiger partial charge in [-0.1, -0.05) is 59.2 Å². The van der Waals surface area contributed by atoms with Crippen LogP contribution in [-0.4, -0.2) is 9.97 Å². The molecule has 1 aromatic heterocycles. The molecular formula is C18H11Cl2F3N2S. The largest absolute Gasteiger partial charge is 0.433 e. The van der Waals surface area contributed by atoms with Crippen LogP contribution < -0.4 is 0 Å². The molecule has 26 heavy (non-hydrogen) atoms. The summed E-state index contributed by atoms with van der Waals surface area (Å²) in [6.45, 7) is 0. The van der Waals surface area contributed by atoms with E-state index in [1.165, 1.54) is 0 Å². The third kappa shape index (κ3) is 4.90. The van der Waals surface area contributed by atoms with Gasteiger partial charge in [0.25, 0.3) is 0 Å². The number of nitrogens with zero attached hydrogens (tertiary/aromatic N) is 2. The van der Waals surface area contributed by atoms with E-state index in [9.17, 15) is 13.2 Å². The molecule has 0 radical (unpaired) electrons. The predicted octanol–water partition coefficient (Wildman–Crippen LogP) is 6.76. The fourth-order valence-electron chi connectivity index (χ4n) is 2.13. The van der Waals surface area contributed by atoms with E-state index in [-0.39, 0.29) is 10.9 Å². The molecule has 0 aliphatic rings. The average molecular weight is 415 g/mol. The SMILES string of the molecule is FC(F)(F)c1cc(-c2ccc(Cl)cc2)nc(SCc2ccc(Cl)cc2)n1. The summed E-state index contributed by atoms with van der Waals surface area (Å²) in [5.74, 6) is 0.429. The van der Waals surface area contributed by atoms with Gasteiger partial charge in [0, 0.05) is 21.4 Å². The fraction of sp³-hybridized carbons (Fsp3) is 0.111. The maximum Gasteiger partial charge on any atom is 0.433 e. The lowest BCUT2D eigenvalue weighted by Crippen LogP contribution is -2.10. The molecule has 3 rings (SSSR count). The third-order valence-electron chi connectivity index (χ3n) is 3.42. The summed E-state index contributed by atoms with van der Waals surface area (Å²) in [6.07, 6.45) is -4.56. The molecule has 1 heterocycles. The number of halogens is 5. The van der Waals surface area contributed by atoms with Crippen molar-refractivity contribution in [3.63, 3.8) is 0 Å². The Balaban J connectivity index is 1.92. The molecule has 0 spiro atoms. The number of hydrogen-bond acceptors (Lipinski definition) is 3. The molecule has 2 nitrogen and oxygen atoms in total. The van der Waals surface area contributed by atoms with Crippen molar-refractivity contribution in [1.29, 1.82) is 0 Å². The first-order valence-electron chi connectivity index (χ1n) is 7.41. The maximum atomic E-state index is 13.2. The molecule has 0 unspecified atom stereocenters. The number of alkyl halides is 3. The van der Waals surface area contributed by atoms with E-state index in [2.05, 4.69) is 9.97 Å². The number of rotatable bonds is 4. The van der Waals surface area contributed by atoms with E-state index in [1.54, 1.807) is 36.4 Å². The van der Waals surface area contributed by atoms with Gasteiger partial charge < -0.3 is 0 Å². The van der Waals surface area contributed by atoms with Crippen molar-refractivity contribution in [2.45, 2.75) is 17.1 Å². The summed E-state index contributed by atoms with van der Waals surface area (Å²) in [5.41, 5.74) is 0.669. The molecule has 0 N–H and O–H groups in total. The molecule has 3 aromatic rings. The summed E-state index contributed by atoms with van der Waals surface area (Å²) in [6, 6.07) is 14.5. The number of benzene rings is 2. The first kappa shape index (κ1) is 19.0. The molecule has 0 saturated heterocycles. The number of aromatic nitrogens is 2. The van der Waals surface area contributed by atoms with Crippen molar-refractivity contribution in [3.8, 4) is 11.3 Å². The highest BCUT2D eigenvalue weighted by Gasteiger charge is 2.33. The minimum Gasteiger partial charge on any atom is -0.222 e. The van der Waals surface area contributed by atoms with Crippen LogP contribution in [0.15, 0.2) is 59.8 Å². The zero-order chi connectivity index (χ0) is 18.7. The summed E-state index contributed by atoms with van der Waals surface area (Å²) in [4.78, 5) is 7.92. The molecule has 2 aromatic carbocycles. The standard InChI is InChI=1S/C18H11Cl2F3N2S/c19-13-5-1-11(2-6-13)10-26-17-24-15(9-16(25-17)18(21,22)23)12-3-7-14(20)8-4-12/h1-9H,10H2. The average Bonchev–Trinajstić information content (AvgIpc) is 2.61. The van der Waals surface area contributed by atoms with Crippen LogP contribution in [0, 0.1) is 0 Å². The Labute approximate surface area is 162 Å². The Kier molecular flexibility index (Phi) is 5.75. The lowest BCUT2D eigenvalue weighted by atomic mass is 10.1. The Hall–Kier alpha value is -1.76. The second-order valence-electron chi connectivity index (χ2n) is 5.34. The van der Waals surface area contributed by atoms with Crippen LogP contribution in [0.2, 0.25) is 10.0 Å². The first-order chi connectivity index (χ1) is 12.3. The molecule has 0 aliphatic carbocycles. The molecule has 0 fully saturated rings.